The maximum Gasteiger partial charge on any atom is 0.349 e. The summed E-state index contributed by atoms with van der Waals surface area (Å²) in [5.41, 5.74) is 4.37. The largest absolute Gasteiger partial charge is 0.507 e. The van der Waals surface area contributed by atoms with Crippen molar-refractivity contribution in [3.8, 4) is 51.7 Å². The third-order valence-electron chi connectivity index (χ3n) is 8.64. The summed E-state index contributed by atoms with van der Waals surface area (Å²) in [6, 6.07) is 45.6. The van der Waals surface area contributed by atoms with Crippen molar-refractivity contribution < 1.29 is 19.4 Å². The topological polar surface area (TPSA) is 118 Å². The molecule has 53 heavy (non-hydrogen) atoms. The van der Waals surface area contributed by atoms with Gasteiger partial charge in [-0.1, -0.05) is 147 Å². The number of benzene rings is 5. The molecule has 264 valence electrons. The number of aromatic hydroxyl groups is 1. The third-order valence-corrected chi connectivity index (χ3v) is 8.64. The summed E-state index contributed by atoms with van der Waals surface area (Å²) < 4.78 is 11.5. The summed E-state index contributed by atoms with van der Waals surface area (Å²) in [6.07, 6.45) is 5.49. The smallest absolute Gasteiger partial charge is 0.349 e. The van der Waals surface area contributed by atoms with Gasteiger partial charge in [-0.15, -0.1) is 0 Å². The fourth-order valence-corrected chi connectivity index (χ4v) is 5.93. The van der Waals surface area contributed by atoms with Gasteiger partial charge in [-0.2, -0.15) is 5.26 Å². The number of rotatable bonds is 16. The van der Waals surface area contributed by atoms with Gasteiger partial charge >= 0.3 is 5.97 Å². The Bertz CT molecular complexity index is 2070. The van der Waals surface area contributed by atoms with Gasteiger partial charge in [0.05, 0.1) is 18.8 Å². The number of esters is 1. The van der Waals surface area contributed by atoms with Crippen LogP contribution in [0.1, 0.15) is 49.7 Å². The minimum atomic E-state index is -0.603. The number of phenols is 1. The lowest BCUT2D eigenvalue weighted by Crippen LogP contribution is -2.11. The van der Waals surface area contributed by atoms with Crippen molar-refractivity contribution in [2.75, 3.05) is 13.2 Å². The van der Waals surface area contributed by atoms with E-state index >= 15 is 0 Å². The molecule has 0 radical (unpaired) electrons. The van der Waals surface area contributed by atoms with E-state index in [1.54, 1.807) is 12.1 Å². The van der Waals surface area contributed by atoms with Crippen LogP contribution in [0, 0.1) is 11.3 Å². The molecule has 1 aromatic heterocycles. The van der Waals surface area contributed by atoms with E-state index in [-0.39, 0.29) is 17.9 Å². The van der Waals surface area contributed by atoms with E-state index in [0.717, 1.165) is 60.8 Å². The van der Waals surface area contributed by atoms with Crippen molar-refractivity contribution in [2.45, 2.75) is 38.5 Å². The molecule has 0 amide bonds. The predicted octanol–water partition coefficient (Wildman–Crippen LogP) is 9.87. The lowest BCUT2D eigenvalue weighted by atomic mass is 9.93. The number of carbonyl (C=O) groups excluding carboxylic acids is 1. The molecule has 0 spiro atoms. The molecule has 0 aliphatic rings. The number of hydrogen-bond donors (Lipinski definition) is 1. The van der Waals surface area contributed by atoms with Gasteiger partial charge in [-0.25, -0.2) is 19.7 Å². The van der Waals surface area contributed by atoms with Crippen LogP contribution in [0.2, 0.25) is 0 Å². The molecule has 0 aliphatic carbocycles. The van der Waals surface area contributed by atoms with Gasteiger partial charge in [-0.3, -0.25) is 0 Å². The zero-order chi connectivity index (χ0) is 36.7. The van der Waals surface area contributed by atoms with Crippen molar-refractivity contribution in [1.29, 1.82) is 5.26 Å². The molecule has 6 aromatic rings. The Labute approximate surface area is 310 Å². The summed E-state index contributed by atoms with van der Waals surface area (Å²) in [7, 11) is 0. The molecular formula is C45H40N4O4. The normalized spacial score (nSPS) is 10.6. The Kier molecular flexibility index (Phi) is 12.7. The zero-order valence-electron chi connectivity index (χ0n) is 29.4. The van der Waals surface area contributed by atoms with Crippen molar-refractivity contribution in [3.63, 3.8) is 0 Å². The number of phenolic OH excluding ortho intramolecular Hbond substituents is 1. The average Bonchev–Trinajstić information content (AvgIpc) is 3.21. The van der Waals surface area contributed by atoms with Crippen molar-refractivity contribution >= 4 is 11.5 Å². The molecular weight excluding hydrogens is 661 g/mol. The Balaban J connectivity index is 0.953. The molecule has 0 unspecified atom stereocenters. The zero-order valence-corrected chi connectivity index (χ0v) is 29.4. The van der Waals surface area contributed by atoms with Crippen LogP contribution in [0.5, 0.6) is 11.5 Å². The number of aromatic nitrogens is 3. The first-order valence-electron chi connectivity index (χ1n) is 17.9. The minimum absolute atomic E-state index is 0.00505. The summed E-state index contributed by atoms with van der Waals surface area (Å²) in [6.45, 7) is 0.780. The van der Waals surface area contributed by atoms with E-state index in [4.69, 9.17) is 24.4 Å². The first-order valence-corrected chi connectivity index (χ1v) is 17.9. The highest BCUT2D eigenvalue weighted by Gasteiger charge is 2.20. The quantitative estimate of drug-likeness (QED) is 0.0459. The van der Waals surface area contributed by atoms with Crippen molar-refractivity contribution in [3.05, 3.63) is 156 Å². The van der Waals surface area contributed by atoms with E-state index in [0.29, 0.717) is 41.0 Å². The first kappa shape index (κ1) is 36.2. The van der Waals surface area contributed by atoms with E-state index in [9.17, 15) is 15.2 Å². The Hall–Kier alpha value is -6.59. The fraction of sp³-hybridized carbons (Fsp3) is 0.178. The molecule has 1 N–H and O–H groups in total. The minimum Gasteiger partial charge on any atom is -0.507 e. The highest BCUT2D eigenvalue weighted by Crippen LogP contribution is 2.33. The summed E-state index contributed by atoms with van der Waals surface area (Å²) in [5.74, 6) is 1.42. The van der Waals surface area contributed by atoms with E-state index in [1.807, 2.05) is 127 Å². The van der Waals surface area contributed by atoms with Crippen LogP contribution in [-0.4, -0.2) is 39.2 Å². The summed E-state index contributed by atoms with van der Waals surface area (Å²) >= 11 is 0. The molecule has 8 heteroatoms. The number of nitriles is 1. The number of nitrogens with zero attached hydrogens (tertiary/aromatic N) is 4. The second kappa shape index (κ2) is 18.6. The predicted molar refractivity (Wildman–Crippen MR) is 206 cm³/mol. The molecule has 0 bridgehead atoms. The highest BCUT2D eigenvalue weighted by atomic mass is 16.5. The fourth-order valence-electron chi connectivity index (χ4n) is 5.93. The molecule has 0 saturated carbocycles. The Morgan fingerprint density at radius 2 is 1.06 bits per heavy atom. The number of unbranched alkanes of at least 4 members (excludes halogenated alkanes) is 5. The second-order valence-corrected chi connectivity index (χ2v) is 12.4. The van der Waals surface area contributed by atoms with Crippen molar-refractivity contribution in [2.24, 2.45) is 0 Å². The maximum absolute atomic E-state index is 13.0. The maximum atomic E-state index is 13.0. The number of hydrogen-bond acceptors (Lipinski definition) is 8. The van der Waals surface area contributed by atoms with Crippen LogP contribution in [0.15, 0.2) is 145 Å². The Morgan fingerprint density at radius 3 is 1.57 bits per heavy atom. The van der Waals surface area contributed by atoms with Gasteiger partial charge in [0.15, 0.2) is 17.5 Å². The van der Waals surface area contributed by atoms with Crippen LogP contribution in [0.25, 0.3) is 39.7 Å². The van der Waals surface area contributed by atoms with E-state index in [2.05, 4.69) is 6.07 Å². The molecule has 0 aliphatic heterocycles. The molecule has 6 rings (SSSR count). The third kappa shape index (κ3) is 9.81. The van der Waals surface area contributed by atoms with Crippen LogP contribution < -0.4 is 4.74 Å². The molecule has 0 atom stereocenters. The average molecular weight is 701 g/mol. The lowest BCUT2D eigenvalue weighted by molar-refractivity contribution is -0.138. The summed E-state index contributed by atoms with van der Waals surface area (Å²) in [5, 5.41) is 20.9. The van der Waals surface area contributed by atoms with Crippen LogP contribution in [0.3, 0.4) is 0 Å². The lowest BCUT2D eigenvalue weighted by Gasteiger charge is -2.12. The second-order valence-electron chi connectivity index (χ2n) is 12.4. The van der Waals surface area contributed by atoms with E-state index < -0.39 is 5.97 Å². The van der Waals surface area contributed by atoms with Crippen molar-refractivity contribution in [1.82, 2.24) is 15.0 Å². The van der Waals surface area contributed by atoms with Crippen LogP contribution in [-0.2, 0) is 9.53 Å². The van der Waals surface area contributed by atoms with Gasteiger partial charge in [0.2, 0.25) is 0 Å². The monoisotopic (exact) mass is 700 g/mol. The van der Waals surface area contributed by atoms with Gasteiger partial charge in [0.1, 0.15) is 23.1 Å². The first-order chi connectivity index (χ1) is 26.1. The van der Waals surface area contributed by atoms with Crippen LogP contribution >= 0.6 is 0 Å². The Morgan fingerprint density at radius 1 is 0.585 bits per heavy atom. The molecule has 5 aromatic carbocycles. The SMILES string of the molecule is N#CC(C(=O)OCCCCCCCCOc1ccc(-c2nc(-c3ccccc3)nc(-c3ccccc3)n2)c(O)c1)=C(c1ccccc1)c1ccccc1. The van der Waals surface area contributed by atoms with E-state index in [1.165, 1.54) is 0 Å². The number of ether oxygens (including phenoxy) is 2. The van der Waals surface area contributed by atoms with Gasteiger partial charge in [0, 0.05) is 22.8 Å². The molecule has 0 saturated heterocycles. The summed E-state index contributed by atoms with van der Waals surface area (Å²) in [4.78, 5) is 27.1. The van der Waals surface area contributed by atoms with Gasteiger partial charge in [-0.05, 0) is 36.1 Å². The van der Waals surface area contributed by atoms with Gasteiger partial charge < -0.3 is 14.6 Å². The highest BCUT2D eigenvalue weighted by molar-refractivity contribution is 6.05. The number of carbonyl (C=O) groups is 1. The molecule has 8 nitrogen and oxygen atoms in total. The van der Waals surface area contributed by atoms with Gasteiger partial charge in [0.25, 0.3) is 0 Å². The molecule has 0 fully saturated rings. The standard InChI is InChI=1S/C45H40N4O4/c46-32-39(41(33-19-9-5-10-20-33)34-21-11-6-12-22-34)45(51)53-30-18-4-2-1-3-17-29-52-37-27-28-38(40(50)31-37)44-48-42(35-23-13-7-14-24-35)47-43(49-44)36-25-15-8-16-26-36/h5-16,19-28,31,50H,1-4,17-18,29-30H2. The van der Waals surface area contributed by atoms with Crippen LogP contribution in [0.4, 0.5) is 0 Å². The molecule has 1 heterocycles.